The van der Waals surface area contributed by atoms with Crippen molar-refractivity contribution in [2.75, 3.05) is 5.43 Å². The first-order chi connectivity index (χ1) is 12.8. The van der Waals surface area contributed by atoms with E-state index < -0.39 is 29.3 Å². The average molecular weight is 369 g/mol. The third kappa shape index (κ3) is 4.77. The first-order valence-electron chi connectivity index (χ1n) is 7.10. The van der Waals surface area contributed by atoms with Crippen molar-refractivity contribution < 1.29 is 30.0 Å². The fraction of sp³-hybridized carbons (Fsp3) is 0. The van der Waals surface area contributed by atoms with Crippen LogP contribution in [0.25, 0.3) is 0 Å². The number of nitrogens with one attached hydrogen (secondary N) is 1. The quantitative estimate of drug-likeness (QED) is 0.175. The van der Waals surface area contributed by atoms with Crippen LogP contribution in [0.2, 0.25) is 0 Å². The third-order valence-corrected chi connectivity index (χ3v) is 3.10. The minimum absolute atomic E-state index is 0.0246. The Balaban J connectivity index is 2.18. The average Bonchev–Trinajstić information content (AvgIpc) is 2.63. The van der Waals surface area contributed by atoms with E-state index >= 15 is 0 Å². The van der Waals surface area contributed by atoms with Gasteiger partial charge in [0.1, 0.15) is 23.3 Å². The standard InChI is InChI=1S/C16H11N5O6/c17-7-14(20-18-10-3-1-8(15(24)25)5-12(10)22)21-19-11-4-2-9(16(26)27)6-13(11)23/h1-6,18,22-23H,(H,24,25)(H,26,27). The number of phenolic OH excluding ortho intramolecular Hbond substituents is 2. The van der Waals surface area contributed by atoms with Crippen LogP contribution in [0.4, 0.5) is 11.4 Å². The van der Waals surface area contributed by atoms with Gasteiger partial charge in [0.25, 0.3) is 5.84 Å². The molecule has 136 valence electrons. The van der Waals surface area contributed by atoms with Crippen LogP contribution >= 0.6 is 0 Å². The maximum absolute atomic E-state index is 10.8. The maximum atomic E-state index is 10.8. The molecule has 27 heavy (non-hydrogen) atoms. The van der Waals surface area contributed by atoms with Gasteiger partial charge in [-0.2, -0.15) is 5.26 Å². The van der Waals surface area contributed by atoms with Gasteiger partial charge in [0.2, 0.25) is 0 Å². The Labute approximate surface area is 151 Å². The molecule has 0 aliphatic heterocycles. The number of carbonyl (C=O) groups is 2. The number of hydrazone groups is 1. The van der Waals surface area contributed by atoms with Gasteiger partial charge < -0.3 is 20.4 Å². The van der Waals surface area contributed by atoms with Crippen molar-refractivity contribution in [2.45, 2.75) is 0 Å². The number of hydrogen-bond acceptors (Lipinski definition) is 8. The molecule has 5 N–H and O–H groups in total. The lowest BCUT2D eigenvalue weighted by molar-refractivity contribution is 0.0686. The molecule has 0 saturated carbocycles. The van der Waals surface area contributed by atoms with Crippen molar-refractivity contribution in [1.82, 2.24) is 0 Å². The van der Waals surface area contributed by atoms with E-state index in [1.54, 1.807) is 6.07 Å². The Morgan fingerprint density at radius 2 is 1.56 bits per heavy atom. The highest BCUT2D eigenvalue weighted by atomic mass is 16.4. The lowest BCUT2D eigenvalue weighted by Crippen LogP contribution is -1.99. The Bertz CT molecular complexity index is 1010. The molecule has 11 nitrogen and oxygen atoms in total. The van der Waals surface area contributed by atoms with Crippen LogP contribution in [0, 0.1) is 11.3 Å². The number of carboxylic acids is 2. The zero-order valence-electron chi connectivity index (χ0n) is 13.4. The second-order valence-electron chi connectivity index (χ2n) is 4.90. The number of rotatable bonds is 5. The van der Waals surface area contributed by atoms with Crippen molar-refractivity contribution in [3.8, 4) is 17.6 Å². The molecule has 2 rings (SSSR count). The molecule has 2 aromatic carbocycles. The molecule has 0 aliphatic carbocycles. The van der Waals surface area contributed by atoms with Gasteiger partial charge in [-0.3, -0.25) is 5.43 Å². The lowest BCUT2D eigenvalue weighted by atomic mass is 10.2. The molecule has 0 heterocycles. The van der Waals surface area contributed by atoms with Crippen LogP contribution in [0.5, 0.6) is 11.5 Å². The Morgan fingerprint density at radius 3 is 2.07 bits per heavy atom. The van der Waals surface area contributed by atoms with E-state index in [-0.39, 0.29) is 22.5 Å². The van der Waals surface area contributed by atoms with Crippen molar-refractivity contribution in [1.29, 1.82) is 5.26 Å². The Kier molecular flexibility index (Phi) is 5.65. The molecule has 0 aliphatic rings. The number of aromatic hydroxyl groups is 2. The molecular weight excluding hydrogens is 358 g/mol. The largest absolute Gasteiger partial charge is 0.506 e. The monoisotopic (exact) mass is 369 g/mol. The summed E-state index contributed by atoms with van der Waals surface area (Å²) >= 11 is 0. The summed E-state index contributed by atoms with van der Waals surface area (Å²) in [6, 6.07) is 8.43. The zero-order chi connectivity index (χ0) is 20.0. The van der Waals surface area contributed by atoms with E-state index in [1.165, 1.54) is 24.3 Å². The molecule has 0 bridgehead atoms. The molecule has 0 amide bonds. The van der Waals surface area contributed by atoms with Crippen LogP contribution < -0.4 is 5.43 Å². The van der Waals surface area contributed by atoms with Crippen LogP contribution in [-0.4, -0.2) is 38.2 Å². The minimum atomic E-state index is -1.23. The normalized spacial score (nSPS) is 11.1. The number of amidine groups is 1. The molecule has 0 unspecified atom stereocenters. The molecule has 0 atom stereocenters. The molecule has 0 spiro atoms. The van der Waals surface area contributed by atoms with Gasteiger partial charge in [-0.25, -0.2) is 9.59 Å². The van der Waals surface area contributed by atoms with Gasteiger partial charge in [-0.1, -0.05) is 0 Å². The molecule has 11 heteroatoms. The van der Waals surface area contributed by atoms with Gasteiger partial charge in [-0.15, -0.1) is 15.3 Å². The number of aromatic carboxylic acids is 2. The summed E-state index contributed by atoms with van der Waals surface area (Å²) in [6.07, 6.45) is 0. The second-order valence-corrected chi connectivity index (χ2v) is 4.90. The van der Waals surface area contributed by atoms with Gasteiger partial charge >= 0.3 is 11.9 Å². The molecule has 0 fully saturated rings. The summed E-state index contributed by atoms with van der Waals surface area (Å²) in [7, 11) is 0. The predicted molar refractivity (Wildman–Crippen MR) is 91.3 cm³/mol. The van der Waals surface area contributed by atoms with Crippen molar-refractivity contribution in [2.24, 2.45) is 15.3 Å². The van der Waals surface area contributed by atoms with Gasteiger partial charge in [-0.05, 0) is 36.4 Å². The zero-order valence-corrected chi connectivity index (χ0v) is 13.4. The smallest absolute Gasteiger partial charge is 0.335 e. The Morgan fingerprint density at radius 1 is 0.963 bits per heavy atom. The number of nitriles is 1. The third-order valence-electron chi connectivity index (χ3n) is 3.10. The summed E-state index contributed by atoms with van der Waals surface area (Å²) in [5.74, 6) is -3.79. The Hall–Kier alpha value is -4.46. The van der Waals surface area contributed by atoms with Crippen molar-refractivity contribution in [3.63, 3.8) is 0 Å². The van der Waals surface area contributed by atoms with Crippen molar-refractivity contribution >= 4 is 29.1 Å². The van der Waals surface area contributed by atoms with Crippen LogP contribution in [0.15, 0.2) is 51.7 Å². The number of azo groups is 1. The number of carboxylic acid groups (broad SMARTS) is 2. The topological polar surface area (TPSA) is 188 Å². The highest BCUT2D eigenvalue weighted by Gasteiger charge is 2.09. The predicted octanol–water partition coefficient (Wildman–Crippen LogP) is 2.53. The molecule has 0 saturated heterocycles. The van der Waals surface area contributed by atoms with Gasteiger partial charge in [0.05, 0.1) is 16.8 Å². The van der Waals surface area contributed by atoms with Gasteiger partial charge in [0, 0.05) is 0 Å². The summed E-state index contributed by atoms with van der Waals surface area (Å²) < 4.78 is 0. The molecule has 2 aromatic rings. The van der Waals surface area contributed by atoms with E-state index in [0.717, 1.165) is 12.1 Å². The molecule has 0 aromatic heterocycles. The molecule has 0 radical (unpaired) electrons. The fourth-order valence-electron chi connectivity index (χ4n) is 1.78. The van der Waals surface area contributed by atoms with E-state index in [0.29, 0.717) is 0 Å². The summed E-state index contributed by atoms with van der Waals surface area (Å²) in [5.41, 5.74) is 1.98. The van der Waals surface area contributed by atoms with Crippen LogP contribution in [-0.2, 0) is 0 Å². The number of benzene rings is 2. The second kappa shape index (κ2) is 8.08. The van der Waals surface area contributed by atoms with E-state index in [1.807, 2.05) is 0 Å². The molecular formula is C16H11N5O6. The van der Waals surface area contributed by atoms with E-state index in [4.69, 9.17) is 15.5 Å². The van der Waals surface area contributed by atoms with Crippen molar-refractivity contribution in [3.05, 3.63) is 47.5 Å². The summed E-state index contributed by atoms with van der Waals surface area (Å²) in [6.45, 7) is 0. The number of nitrogens with zero attached hydrogens (tertiary/aromatic N) is 4. The highest BCUT2D eigenvalue weighted by Crippen LogP contribution is 2.28. The number of hydrogen-bond donors (Lipinski definition) is 5. The van der Waals surface area contributed by atoms with E-state index in [9.17, 15) is 19.8 Å². The first-order valence-corrected chi connectivity index (χ1v) is 7.10. The number of phenols is 2. The first kappa shape index (κ1) is 18.9. The van der Waals surface area contributed by atoms with Crippen LogP contribution in [0.1, 0.15) is 20.7 Å². The van der Waals surface area contributed by atoms with E-state index in [2.05, 4.69) is 20.8 Å². The highest BCUT2D eigenvalue weighted by molar-refractivity contribution is 5.97. The van der Waals surface area contributed by atoms with Crippen LogP contribution in [0.3, 0.4) is 0 Å². The summed E-state index contributed by atoms with van der Waals surface area (Å²) in [5, 5.41) is 56.8. The minimum Gasteiger partial charge on any atom is -0.506 e. The summed E-state index contributed by atoms with van der Waals surface area (Å²) in [4.78, 5) is 21.6. The SMILES string of the molecule is N#CC(N=Nc1ccc(C(=O)O)cc1O)=NNc1ccc(C(=O)O)cc1O. The lowest BCUT2D eigenvalue weighted by Gasteiger charge is -2.04. The fourth-order valence-corrected chi connectivity index (χ4v) is 1.78. The van der Waals surface area contributed by atoms with Gasteiger partial charge in [0.15, 0.2) is 0 Å². The number of anilines is 1. The maximum Gasteiger partial charge on any atom is 0.335 e.